The number of benzene rings is 1. The number of hydrogen-bond donors (Lipinski definition) is 0. The first-order chi connectivity index (χ1) is 8.44. The normalized spacial score (nSPS) is 10.6. The van der Waals surface area contributed by atoms with E-state index in [9.17, 15) is 4.79 Å². The average Bonchev–Trinajstić information content (AvgIpc) is 2.28. The molecule has 0 aromatic heterocycles. The maximum atomic E-state index is 12.1. The lowest BCUT2D eigenvalue weighted by Gasteiger charge is -2.26. The number of amides is 1. The summed E-state index contributed by atoms with van der Waals surface area (Å²) in [5.41, 5.74) is 0.193. The number of hydrogen-bond acceptors (Lipinski definition) is 3. The largest absolute Gasteiger partial charge is 0.443 e. The van der Waals surface area contributed by atoms with Gasteiger partial charge in [0, 0.05) is 12.2 Å². The van der Waals surface area contributed by atoms with Gasteiger partial charge in [-0.1, -0.05) is 18.2 Å². The second-order valence-corrected chi connectivity index (χ2v) is 4.88. The summed E-state index contributed by atoms with van der Waals surface area (Å²) in [6, 6.07) is 11.2. The molecule has 0 N–H and O–H groups in total. The SMILES string of the molecule is CC(C)(C)OC(=O)N(CCC#N)c1ccccc1. The van der Waals surface area contributed by atoms with Crippen molar-refractivity contribution >= 4 is 11.8 Å². The summed E-state index contributed by atoms with van der Waals surface area (Å²) >= 11 is 0. The fourth-order valence-corrected chi connectivity index (χ4v) is 1.41. The van der Waals surface area contributed by atoms with E-state index in [0.29, 0.717) is 6.54 Å². The van der Waals surface area contributed by atoms with E-state index in [-0.39, 0.29) is 6.42 Å². The minimum Gasteiger partial charge on any atom is -0.443 e. The molecule has 18 heavy (non-hydrogen) atoms. The lowest BCUT2D eigenvalue weighted by Crippen LogP contribution is -2.37. The predicted octanol–water partition coefficient (Wildman–Crippen LogP) is 3.34. The maximum Gasteiger partial charge on any atom is 0.414 e. The van der Waals surface area contributed by atoms with Crippen LogP contribution >= 0.6 is 0 Å². The molecule has 96 valence electrons. The van der Waals surface area contributed by atoms with Crippen LogP contribution in [0.15, 0.2) is 30.3 Å². The fourth-order valence-electron chi connectivity index (χ4n) is 1.41. The molecular weight excluding hydrogens is 228 g/mol. The molecule has 0 spiro atoms. The molecule has 1 aromatic rings. The van der Waals surface area contributed by atoms with Crippen LogP contribution < -0.4 is 4.90 Å². The lowest BCUT2D eigenvalue weighted by molar-refractivity contribution is 0.0581. The highest BCUT2D eigenvalue weighted by Gasteiger charge is 2.22. The third-order valence-electron chi connectivity index (χ3n) is 2.13. The molecule has 0 aliphatic carbocycles. The number of carbonyl (C=O) groups excluding carboxylic acids is 1. The van der Waals surface area contributed by atoms with Crippen LogP contribution in [0.5, 0.6) is 0 Å². The monoisotopic (exact) mass is 246 g/mol. The quantitative estimate of drug-likeness (QED) is 0.821. The van der Waals surface area contributed by atoms with Crippen LogP contribution in [-0.4, -0.2) is 18.2 Å². The molecule has 1 aromatic carbocycles. The van der Waals surface area contributed by atoms with E-state index in [0.717, 1.165) is 5.69 Å². The molecule has 0 aliphatic heterocycles. The molecule has 0 heterocycles. The van der Waals surface area contributed by atoms with Gasteiger partial charge in [0.05, 0.1) is 12.5 Å². The molecule has 0 fully saturated rings. The Kier molecular flexibility index (Phi) is 4.73. The van der Waals surface area contributed by atoms with E-state index in [1.807, 2.05) is 57.2 Å². The van der Waals surface area contributed by atoms with E-state index in [2.05, 4.69) is 0 Å². The minimum absolute atomic E-state index is 0.272. The van der Waals surface area contributed by atoms with E-state index >= 15 is 0 Å². The summed E-state index contributed by atoms with van der Waals surface area (Å²) in [7, 11) is 0. The van der Waals surface area contributed by atoms with Crippen molar-refractivity contribution in [3.05, 3.63) is 30.3 Å². The Labute approximate surface area is 108 Å². The van der Waals surface area contributed by atoms with Crippen molar-refractivity contribution in [2.75, 3.05) is 11.4 Å². The highest BCUT2D eigenvalue weighted by atomic mass is 16.6. The number of ether oxygens (including phenoxy) is 1. The van der Waals surface area contributed by atoms with Gasteiger partial charge in [-0.15, -0.1) is 0 Å². The summed E-state index contributed by atoms with van der Waals surface area (Å²) in [6.45, 7) is 5.78. The van der Waals surface area contributed by atoms with Crippen LogP contribution in [0, 0.1) is 11.3 Å². The molecule has 0 saturated heterocycles. The molecule has 1 amide bonds. The Morgan fingerprint density at radius 3 is 2.44 bits per heavy atom. The summed E-state index contributed by atoms with van der Waals surface area (Å²) in [5, 5.41) is 8.65. The Bertz CT molecular complexity index is 429. The van der Waals surface area contributed by atoms with Crippen LogP contribution in [0.1, 0.15) is 27.2 Å². The molecule has 4 nitrogen and oxygen atoms in total. The van der Waals surface area contributed by atoms with Gasteiger partial charge in [-0.05, 0) is 32.9 Å². The molecule has 0 aliphatic rings. The van der Waals surface area contributed by atoms with E-state index in [1.54, 1.807) is 0 Å². The number of para-hydroxylation sites is 1. The van der Waals surface area contributed by atoms with Gasteiger partial charge in [-0.25, -0.2) is 4.79 Å². The lowest BCUT2D eigenvalue weighted by atomic mass is 10.2. The fraction of sp³-hybridized carbons (Fsp3) is 0.429. The zero-order chi connectivity index (χ0) is 13.6. The van der Waals surface area contributed by atoms with Gasteiger partial charge < -0.3 is 4.74 Å². The molecule has 0 atom stereocenters. The summed E-state index contributed by atoms with van der Waals surface area (Å²) < 4.78 is 5.33. The van der Waals surface area contributed by atoms with Crippen LogP contribution in [0.3, 0.4) is 0 Å². The molecule has 0 radical (unpaired) electrons. The zero-order valence-corrected chi connectivity index (χ0v) is 11.0. The van der Waals surface area contributed by atoms with Crippen LogP contribution in [0.4, 0.5) is 10.5 Å². The minimum atomic E-state index is -0.545. The molecule has 4 heteroatoms. The Balaban J connectivity index is 2.86. The number of nitrogens with zero attached hydrogens (tertiary/aromatic N) is 2. The van der Waals surface area contributed by atoms with Gasteiger partial charge in [0.15, 0.2) is 0 Å². The molecular formula is C14H18N2O2. The van der Waals surface area contributed by atoms with Crippen molar-refractivity contribution in [3.63, 3.8) is 0 Å². The van der Waals surface area contributed by atoms with E-state index in [4.69, 9.17) is 10.00 Å². The standard InChI is InChI=1S/C14H18N2O2/c1-14(2,3)18-13(17)16(11-7-10-15)12-8-5-4-6-9-12/h4-6,8-9H,7,11H2,1-3H3. The van der Waals surface area contributed by atoms with Crippen molar-refractivity contribution in [2.24, 2.45) is 0 Å². The van der Waals surface area contributed by atoms with E-state index < -0.39 is 11.7 Å². The Morgan fingerprint density at radius 1 is 1.33 bits per heavy atom. The van der Waals surface area contributed by atoms with Gasteiger partial charge in [0.25, 0.3) is 0 Å². The molecule has 0 saturated carbocycles. The Morgan fingerprint density at radius 2 is 1.94 bits per heavy atom. The van der Waals surface area contributed by atoms with Crippen molar-refractivity contribution in [1.82, 2.24) is 0 Å². The van der Waals surface area contributed by atoms with Gasteiger partial charge in [-0.2, -0.15) is 5.26 Å². The number of carbonyl (C=O) groups is 1. The van der Waals surface area contributed by atoms with Gasteiger partial charge >= 0.3 is 6.09 Å². The van der Waals surface area contributed by atoms with Crippen molar-refractivity contribution in [2.45, 2.75) is 32.8 Å². The second kappa shape index (κ2) is 6.06. The van der Waals surface area contributed by atoms with Crippen molar-refractivity contribution in [3.8, 4) is 6.07 Å². The average molecular weight is 246 g/mol. The number of nitriles is 1. The number of anilines is 1. The van der Waals surface area contributed by atoms with Crippen LogP contribution in [0.2, 0.25) is 0 Å². The third-order valence-corrected chi connectivity index (χ3v) is 2.13. The predicted molar refractivity (Wildman–Crippen MR) is 70.3 cm³/mol. The molecule has 1 rings (SSSR count). The maximum absolute atomic E-state index is 12.1. The van der Waals surface area contributed by atoms with Gasteiger partial charge in [-0.3, -0.25) is 4.90 Å². The highest BCUT2D eigenvalue weighted by molar-refractivity contribution is 5.87. The first-order valence-corrected chi connectivity index (χ1v) is 5.86. The summed E-state index contributed by atoms with van der Waals surface area (Å²) in [5.74, 6) is 0. The summed E-state index contributed by atoms with van der Waals surface area (Å²) in [4.78, 5) is 13.5. The van der Waals surface area contributed by atoms with E-state index in [1.165, 1.54) is 4.90 Å². The number of rotatable bonds is 3. The van der Waals surface area contributed by atoms with Crippen molar-refractivity contribution in [1.29, 1.82) is 5.26 Å². The first-order valence-electron chi connectivity index (χ1n) is 5.86. The third kappa shape index (κ3) is 4.46. The van der Waals surface area contributed by atoms with Gasteiger partial charge in [0.1, 0.15) is 5.60 Å². The topological polar surface area (TPSA) is 53.3 Å². The van der Waals surface area contributed by atoms with Crippen LogP contribution in [0.25, 0.3) is 0 Å². The highest BCUT2D eigenvalue weighted by Crippen LogP contribution is 2.18. The van der Waals surface area contributed by atoms with Crippen LogP contribution in [-0.2, 0) is 4.74 Å². The first kappa shape index (κ1) is 14.0. The summed E-state index contributed by atoms with van der Waals surface area (Å²) in [6.07, 6.45) is -0.155. The zero-order valence-electron chi connectivity index (χ0n) is 11.0. The molecule has 0 unspecified atom stereocenters. The smallest absolute Gasteiger partial charge is 0.414 e. The molecule has 0 bridgehead atoms. The second-order valence-electron chi connectivity index (χ2n) is 4.88. The van der Waals surface area contributed by atoms with Crippen molar-refractivity contribution < 1.29 is 9.53 Å². The Hall–Kier alpha value is -2.02. The van der Waals surface area contributed by atoms with Gasteiger partial charge in [0.2, 0.25) is 0 Å².